The van der Waals surface area contributed by atoms with Gasteiger partial charge in [-0.2, -0.15) is 0 Å². The molecule has 3 nitrogen and oxygen atoms in total. The van der Waals surface area contributed by atoms with Gasteiger partial charge in [-0.1, -0.05) is 109 Å². The topological polar surface area (TPSA) is 30.7 Å². The Balaban J connectivity index is 1.32. The molecular weight excluding hydrogens is 555 g/mol. The molecule has 0 unspecified atom stereocenters. The van der Waals surface area contributed by atoms with E-state index in [1.807, 2.05) is 17.5 Å². The highest BCUT2D eigenvalue weighted by Gasteiger charge is 2.25. The van der Waals surface area contributed by atoms with Crippen molar-refractivity contribution in [1.82, 2.24) is 14.5 Å². The van der Waals surface area contributed by atoms with Crippen LogP contribution in [0.5, 0.6) is 0 Å². The van der Waals surface area contributed by atoms with Gasteiger partial charge < -0.3 is 0 Å². The summed E-state index contributed by atoms with van der Waals surface area (Å²) < 4.78 is 4.91. The summed E-state index contributed by atoms with van der Waals surface area (Å²) in [4.78, 5) is 10.7. The molecule has 9 aromatic rings. The lowest BCUT2D eigenvalue weighted by atomic mass is 9.84. The average molecular weight is 578 g/mol. The molecule has 0 amide bonds. The van der Waals surface area contributed by atoms with Crippen molar-refractivity contribution in [2.45, 2.75) is 0 Å². The smallest absolute Gasteiger partial charge is 0.156 e. The number of hydrogen-bond acceptors (Lipinski definition) is 3. The van der Waals surface area contributed by atoms with Crippen LogP contribution in [0.4, 0.5) is 0 Å². The summed E-state index contributed by atoms with van der Waals surface area (Å²) in [6, 6.07) is 47.9. The predicted octanol–water partition coefficient (Wildman–Crippen LogP) is 10.9. The van der Waals surface area contributed by atoms with Gasteiger partial charge in [-0.3, -0.25) is 9.55 Å². The fourth-order valence-corrected chi connectivity index (χ4v) is 8.23. The molecule has 0 fully saturated rings. The first-order valence-corrected chi connectivity index (χ1v) is 15.7. The second kappa shape index (κ2) is 8.96. The maximum Gasteiger partial charge on any atom is 0.156 e. The lowest BCUT2D eigenvalue weighted by Crippen LogP contribution is -2.05. The molecule has 44 heavy (non-hydrogen) atoms. The number of thiophene rings is 1. The highest BCUT2D eigenvalue weighted by atomic mass is 32.1. The van der Waals surface area contributed by atoms with Crippen LogP contribution in [0.25, 0.3) is 92.6 Å². The first-order valence-electron chi connectivity index (χ1n) is 14.8. The van der Waals surface area contributed by atoms with Crippen molar-refractivity contribution in [3.05, 3.63) is 140 Å². The Bertz CT molecular complexity index is 2620. The van der Waals surface area contributed by atoms with Gasteiger partial charge in [0.15, 0.2) is 5.82 Å². The van der Waals surface area contributed by atoms with Gasteiger partial charge >= 0.3 is 0 Å². The van der Waals surface area contributed by atoms with Gasteiger partial charge in [-0.25, -0.2) is 4.98 Å². The zero-order valence-electron chi connectivity index (χ0n) is 23.5. The monoisotopic (exact) mass is 577 g/mol. The van der Waals surface area contributed by atoms with E-state index in [1.165, 1.54) is 53.2 Å². The van der Waals surface area contributed by atoms with Gasteiger partial charge in [-0.05, 0) is 46.5 Å². The van der Waals surface area contributed by atoms with Crippen LogP contribution in [0.1, 0.15) is 0 Å². The lowest BCUT2D eigenvalue weighted by molar-refractivity contribution is 1.05. The van der Waals surface area contributed by atoms with Crippen molar-refractivity contribution in [1.29, 1.82) is 0 Å². The van der Waals surface area contributed by atoms with Crippen LogP contribution in [-0.4, -0.2) is 14.5 Å². The molecule has 0 radical (unpaired) electrons. The van der Waals surface area contributed by atoms with Crippen LogP contribution < -0.4 is 0 Å². The number of para-hydroxylation sites is 1. The van der Waals surface area contributed by atoms with Crippen LogP contribution in [-0.2, 0) is 0 Å². The minimum atomic E-state index is 0.815. The molecule has 0 aliphatic heterocycles. The quantitative estimate of drug-likeness (QED) is 0.194. The van der Waals surface area contributed by atoms with Crippen molar-refractivity contribution >= 4 is 53.3 Å². The lowest BCUT2D eigenvalue weighted by Gasteiger charge is -2.22. The van der Waals surface area contributed by atoms with E-state index in [9.17, 15) is 0 Å². The van der Waals surface area contributed by atoms with Crippen molar-refractivity contribution in [3.8, 4) is 50.6 Å². The van der Waals surface area contributed by atoms with Gasteiger partial charge in [0.05, 0.1) is 28.6 Å². The molecule has 3 heterocycles. The fraction of sp³-hybridized carbons (Fsp3) is 0. The van der Waals surface area contributed by atoms with Gasteiger partial charge in [0.2, 0.25) is 0 Å². The zero-order valence-corrected chi connectivity index (χ0v) is 24.3. The van der Waals surface area contributed by atoms with Crippen molar-refractivity contribution in [3.63, 3.8) is 0 Å². The van der Waals surface area contributed by atoms with Gasteiger partial charge in [0, 0.05) is 42.1 Å². The largest absolute Gasteiger partial charge is 0.292 e. The minimum absolute atomic E-state index is 0.815. The SMILES string of the molecule is c1ccc2c(c1)-c1ccccc1-c1ncc(-n3c4ccccc4c4cc5sc6ccccc6c5cc43)nc1-c1ccccc1-2. The molecule has 1 aliphatic rings. The molecule has 10 rings (SSSR count). The minimum Gasteiger partial charge on any atom is -0.292 e. The molecule has 4 heteroatoms. The number of benzene rings is 6. The number of hydrogen-bond donors (Lipinski definition) is 0. The third kappa shape index (κ3) is 3.26. The summed E-state index contributed by atoms with van der Waals surface area (Å²) in [5.74, 6) is 0.815. The Labute approximate surface area is 257 Å². The normalized spacial score (nSPS) is 12.1. The van der Waals surface area contributed by atoms with E-state index in [4.69, 9.17) is 9.97 Å². The van der Waals surface area contributed by atoms with E-state index in [0.29, 0.717) is 0 Å². The number of aromatic nitrogens is 3. The summed E-state index contributed by atoms with van der Waals surface area (Å²) in [6.07, 6.45) is 1.95. The molecular formula is C40H23N3S. The Hall–Kier alpha value is -5.58. The second-order valence-corrected chi connectivity index (χ2v) is 12.5. The molecule has 1 aliphatic carbocycles. The van der Waals surface area contributed by atoms with Crippen molar-refractivity contribution in [2.24, 2.45) is 0 Å². The Morgan fingerprint density at radius 1 is 0.432 bits per heavy atom. The molecule has 0 atom stereocenters. The number of nitrogens with zero attached hydrogens (tertiary/aromatic N) is 3. The molecule has 204 valence electrons. The molecule has 0 bridgehead atoms. The standard InChI is InChI=1S/C40H23N3S/c1-2-12-25-24(11-1)26-13-3-5-17-30(26)39-40(31-18-6-4-14-27(25)31)42-38(23-41-39)43-34-19-9-7-15-28(34)32-22-37-33(21-35(32)43)29-16-8-10-20-36(29)44-37/h1-23H. The fourth-order valence-electron chi connectivity index (χ4n) is 7.11. The van der Waals surface area contributed by atoms with Gasteiger partial charge in [-0.15, -0.1) is 11.3 Å². The van der Waals surface area contributed by atoms with E-state index in [-0.39, 0.29) is 0 Å². The Kier molecular flexibility index (Phi) is 4.87. The van der Waals surface area contributed by atoms with Crippen molar-refractivity contribution < 1.29 is 0 Å². The van der Waals surface area contributed by atoms with E-state index in [2.05, 4.69) is 138 Å². The van der Waals surface area contributed by atoms with Crippen LogP contribution in [0.3, 0.4) is 0 Å². The van der Waals surface area contributed by atoms with Gasteiger partial charge in [0.1, 0.15) is 0 Å². The van der Waals surface area contributed by atoms with Crippen LogP contribution in [0.2, 0.25) is 0 Å². The first-order chi connectivity index (χ1) is 21.8. The zero-order chi connectivity index (χ0) is 28.8. The van der Waals surface area contributed by atoms with Crippen molar-refractivity contribution in [2.75, 3.05) is 0 Å². The first kappa shape index (κ1) is 23.9. The maximum absolute atomic E-state index is 5.50. The highest BCUT2D eigenvalue weighted by Crippen LogP contribution is 2.47. The van der Waals surface area contributed by atoms with Crippen LogP contribution in [0.15, 0.2) is 140 Å². The summed E-state index contributed by atoms with van der Waals surface area (Å²) in [5, 5.41) is 5.01. The molecule has 6 aromatic carbocycles. The Morgan fingerprint density at radius 3 is 1.73 bits per heavy atom. The Morgan fingerprint density at radius 2 is 1.00 bits per heavy atom. The summed E-state index contributed by atoms with van der Waals surface area (Å²) in [6.45, 7) is 0. The second-order valence-electron chi connectivity index (χ2n) is 11.4. The molecule has 0 saturated heterocycles. The maximum atomic E-state index is 5.50. The van der Waals surface area contributed by atoms with E-state index < -0.39 is 0 Å². The summed E-state index contributed by atoms with van der Waals surface area (Å²) in [5.41, 5.74) is 11.0. The van der Waals surface area contributed by atoms with E-state index >= 15 is 0 Å². The number of rotatable bonds is 1. The molecule has 3 aromatic heterocycles. The average Bonchev–Trinajstić information content (AvgIpc) is 3.61. The summed E-state index contributed by atoms with van der Waals surface area (Å²) in [7, 11) is 0. The van der Waals surface area contributed by atoms with Crippen LogP contribution >= 0.6 is 11.3 Å². The van der Waals surface area contributed by atoms with Crippen LogP contribution in [0, 0.1) is 0 Å². The third-order valence-electron chi connectivity index (χ3n) is 9.03. The highest BCUT2D eigenvalue weighted by molar-refractivity contribution is 7.25. The predicted molar refractivity (Wildman–Crippen MR) is 185 cm³/mol. The van der Waals surface area contributed by atoms with Gasteiger partial charge in [0.25, 0.3) is 0 Å². The third-order valence-corrected chi connectivity index (χ3v) is 10.2. The summed E-state index contributed by atoms with van der Waals surface area (Å²) >= 11 is 1.86. The molecule has 0 spiro atoms. The van der Waals surface area contributed by atoms with E-state index in [1.54, 1.807) is 0 Å². The molecule has 0 saturated carbocycles. The molecule has 0 N–H and O–H groups in total. The number of fused-ring (bicyclic) bond motifs is 14. The van der Waals surface area contributed by atoms with E-state index in [0.717, 1.165) is 39.4 Å².